The molecule has 0 spiro atoms. The van der Waals surface area contributed by atoms with Crippen molar-refractivity contribution in [2.75, 3.05) is 26.7 Å². The van der Waals surface area contributed by atoms with E-state index in [1.807, 2.05) is 36.4 Å². The maximum Gasteiger partial charge on any atom is 0.408 e. The second-order valence-corrected chi connectivity index (χ2v) is 9.76. The lowest BCUT2D eigenvalue weighted by molar-refractivity contribution is -0.141. The van der Waals surface area contributed by atoms with Crippen molar-refractivity contribution in [1.82, 2.24) is 30.8 Å². The molecule has 1 atom stereocenters. The first-order chi connectivity index (χ1) is 18.6. The predicted octanol–water partition coefficient (Wildman–Crippen LogP) is 1.56. The summed E-state index contributed by atoms with van der Waals surface area (Å²) in [4.78, 5) is 59.7. The maximum atomic E-state index is 12.8. The molecular weight excluding hydrogens is 504 g/mol. The summed E-state index contributed by atoms with van der Waals surface area (Å²) in [7, 11) is 1.22. The first kappa shape index (κ1) is 31.2. The van der Waals surface area contributed by atoms with Crippen LogP contribution in [0.25, 0.3) is 0 Å². The van der Waals surface area contributed by atoms with Crippen molar-refractivity contribution in [2.45, 2.75) is 58.3 Å². The van der Waals surface area contributed by atoms with Crippen molar-refractivity contribution in [2.24, 2.45) is 0 Å². The number of esters is 1. The number of methoxy groups -OCH3 is 1. The quantitative estimate of drug-likeness (QED) is 0.302. The fourth-order valence-electron chi connectivity index (χ4n) is 3.51. The van der Waals surface area contributed by atoms with E-state index in [1.54, 1.807) is 33.2 Å². The Morgan fingerprint density at radius 3 is 2.05 bits per heavy atom. The third kappa shape index (κ3) is 13.3. The molecular formula is C27H38N6O6. The fraction of sp³-hybridized carbons (Fsp3) is 0.481. The van der Waals surface area contributed by atoms with Crippen LogP contribution in [0.15, 0.2) is 48.8 Å². The van der Waals surface area contributed by atoms with Crippen LogP contribution in [0.2, 0.25) is 0 Å². The molecule has 2 heterocycles. The van der Waals surface area contributed by atoms with Crippen molar-refractivity contribution in [1.29, 1.82) is 0 Å². The largest absolute Gasteiger partial charge is 0.468 e. The van der Waals surface area contributed by atoms with Crippen LogP contribution in [0.5, 0.6) is 0 Å². The Morgan fingerprint density at radius 1 is 0.923 bits per heavy atom. The van der Waals surface area contributed by atoms with Crippen LogP contribution in [-0.2, 0) is 36.9 Å². The molecule has 0 saturated carbocycles. The molecule has 12 nitrogen and oxygen atoms in total. The molecule has 12 heteroatoms. The molecule has 2 aromatic heterocycles. The van der Waals surface area contributed by atoms with Gasteiger partial charge in [-0.2, -0.15) is 0 Å². The number of rotatable bonds is 14. The van der Waals surface area contributed by atoms with Crippen molar-refractivity contribution >= 4 is 23.9 Å². The molecule has 0 fully saturated rings. The molecule has 2 rings (SSSR count). The molecule has 0 aromatic carbocycles. The zero-order chi connectivity index (χ0) is 28.7. The number of hydrogen-bond acceptors (Lipinski definition) is 9. The number of alkyl carbamates (subject to hydrolysis) is 1. The summed E-state index contributed by atoms with van der Waals surface area (Å²) in [5.41, 5.74) is 1.07. The third-order valence-corrected chi connectivity index (χ3v) is 5.27. The predicted molar refractivity (Wildman–Crippen MR) is 143 cm³/mol. The van der Waals surface area contributed by atoms with Crippen LogP contribution < -0.4 is 16.0 Å². The summed E-state index contributed by atoms with van der Waals surface area (Å²) >= 11 is 0. The summed E-state index contributed by atoms with van der Waals surface area (Å²) in [6.45, 7) is 6.15. The van der Waals surface area contributed by atoms with Gasteiger partial charge < -0.3 is 25.4 Å². The fourth-order valence-corrected chi connectivity index (χ4v) is 3.51. The van der Waals surface area contributed by atoms with Crippen molar-refractivity contribution in [3.63, 3.8) is 0 Å². The molecule has 0 aliphatic rings. The monoisotopic (exact) mass is 542 g/mol. The van der Waals surface area contributed by atoms with Gasteiger partial charge in [-0.15, -0.1) is 0 Å². The van der Waals surface area contributed by atoms with Crippen molar-refractivity contribution in [3.05, 3.63) is 60.2 Å². The standard InChI is InChI=1S/C27H38N6O6/c1-27(2,3)39-26(37)31-16-23(34)32-22(25(36)30-17-24(35)38-4)12-9-15-33(18-20-10-5-7-13-28-20)19-21-11-6-8-14-29-21/h5-8,10-11,13-14,22H,9,12,15-19H2,1-4H3,(H,30,36)(H,31,37)(H,32,34)/t22-/m1/s1. The second-order valence-electron chi connectivity index (χ2n) is 9.76. The summed E-state index contributed by atoms with van der Waals surface area (Å²) in [5, 5.41) is 7.48. The average molecular weight is 543 g/mol. The van der Waals surface area contributed by atoms with E-state index in [2.05, 4.69) is 35.6 Å². The highest BCUT2D eigenvalue weighted by Gasteiger charge is 2.23. The number of carbonyl (C=O) groups excluding carboxylic acids is 4. The lowest BCUT2D eigenvalue weighted by Crippen LogP contribution is -2.50. The molecule has 0 saturated heterocycles. The van der Waals surface area contributed by atoms with Crippen molar-refractivity contribution < 1.29 is 28.7 Å². The van der Waals surface area contributed by atoms with E-state index in [4.69, 9.17) is 4.74 Å². The smallest absolute Gasteiger partial charge is 0.408 e. The molecule has 212 valence electrons. The minimum absolute atomic E-state index is 0.284. The number of aromatic nitrogens is 2. The molecule has 3 amide bonds. The van der Waals surface area contributed by atoms with E-state index in [9.17, 15) is 19.2 Å². The molecule has 2 aromatic rings. The van der Waals surface area contributed by atoms with Gasteiger partial charge in [0.05, 0.1) is 18.5 Å². The molecule has 0 radical (unpaired) electrons. The van der Waals surface area contributed by atoms with Gasteiger partial charge in [0.1, 0.15) is 24.7 Å². The highest BCUT2D eigenvalue weighted by Crippen LogP contribution is 2.10. The van der Waals surface area contributed by atoms with E-state index in [1.165, 1.54) is 7.11 Å². The molecule has 0 aliphatic carbocycles. The minimum atomic E-state index is -0.936. The Hall–Kier alpha value is -4.06. The van der Waals surface area contributed by atoms with E-state index in [-0.39, 0.29) is 19.5 Å². The Balaban J connectivity index is 2.01. The topological polar surface area (TPSA) is 152 Å². The summed E-state index contributed by atoms with van der Waals surface area (Å²) in [5.74, 6) is -1.72. The van der Waals surface area contributed by atoms with Gasteiger partial charge in [0.25, 0.3) is 0 Å². The molecule has 0 aliphatic heterocycles. The normalized spacial score (nSPS) is 11.8. The van der Waals surface area contributed by atoms with Gasteiger partial charge in [0, 0.05) is 25.5 Å². The lowest BCUT2D eigenvalue weighted by atomic mass is 10.1. The van der Waals surface area contributed by atoms with Crippen molar-refractivity contribution in [3.8, 4) is 0 Å². The van der Waals surface area contributed by atoms with Crippen LogP contribution >= 0.6 is 0 Å². The van der Waals surface area contributed by atoms with E-state index in [0.29, 0.717) is 26.1 Å². The zero-order valence-electron chi connectivity index (χ0n) is 22.9. The Morgan fingerprint density at radius 2 is 1.54 bits per heavy atom. The van der Waals surface area contributed by atoms with Gasteiger partial charge in [-0.05, 0) is 64.4 Å². The lowest BCUT2D eigenvalue weighted by Gasteiger charge is -2.24. The van der Waals surface area contributed by atoms with Crippen LogP contribution in [0.3, 0.4) is 0 Å². The Bertz CT molecular complexity index is 1020. The van der Waals surface area contributed by atoms with Crippen LogP contribution in [0.1, 0.15) is 45.0 Å². The summed E-state index contributed by atoms with van der Waals surface area (Å²) in [6.07, 6.45) is 3.54. The van der Waals surface area contributed by atoms with Gasteiger partial charge in [-0.3, -0.25) is 29.3 Å². The van der Waals surface area contributed by atoms with Gasteiger partial charge >= 0.3 is 12.1 Å². The highest BCUT2D eigenvalue weighted by molar-refractivity contribution is 5.90. The maximum absolute atomic E-state index is 12.8. The zero-order valence-corrected chi connectivity index (χ0v) is 22.9. The van der Waals surface area contributed by atoms with Gasteiger partial charge in [-0.25, -0.2) is 4.79 Å². The molecule has 39 heavy (non-hydrogen) atoms. The number of hydrogen-bond donors (Lipinski definition) is 3. The Kier molecular flexibility index (Phi) is 12.8. The minimum Gasteiger partial charge on any atom is -0.468 e. The number of nitrogens with zero attached hydrogens (tertiary/aromatic N) is 3. The highest BCUT2D eigenvalue weighted by atomic mass is 16.6. The van der Waals surface area contributed by atoms with Crippen LogP contribution in [0, 0.1) is 0 Å². The third-order valence-electron chi connectivity index (χ3n) is 5.27. The van der Waals surface area contributed by atoms with Gasteiger partial charge in [0.15, 0.2) is 0 Å². The SMILES string of the molecule is COC(=O)CNC(=O)[C@@H](CCCN(Cc1ccccn1)Cc1ccccn1)NC(=O)CNC(=O)OC(C)(C)C. The van der Waals surface area contributed by atoms with Crippen LogP contribution in [-0.4, -0.2) is 77.1 Å². The van der Waals surface area contributed by atoms with E-state index >= 15 is 0 Å². The van der Waals surface area contributed by atoms with E-state index < -0.39 is 35.5 Å². The number of amides is 3. The summed E-state index contributed by atoms with van der Waals surface area (Å²) in [6, 6.07) is 10.5. The first-order valence-electron chi connectivity index (χ1n) is 12.7. The number of carbonyl (C=O) groups is 4. The first-order valence-corrected chi connectivity index (χ1v) is 12.7. The molecule has 3 N–H and O–H groups in total. The Labute approximate surface area is 228 Å². The molecule has 0 unspecified atom stereocenters. The average Bonchev–Trinajstić information content (AvgIpc) is 2.90. The van der Waals surface area contributed by atoms with E-state index in [0.717, 1.165) is 11.4 Å². The molecule has 0 bridgehead atoms. The summed E-state index contributed by atoms with van der Waals surface area (Å²) < 4.78 is 9.70. The number of pyridine rings is 2. The van der Waals surface area contributed by atoms with Gasteiger partial charge in [-0.1, -0.05) is 12.1 Å². The second kappa shape index (κ2) is 16.0. The number of ether oxygens (including phenoxy) is 2. The van der Waals surface area contributed by atoms with Crippen LogP contribution in [0.4, 0.5) is 4.79 Å². The number of nitrogens with one attached hydrogen (secondary N) is 3. The van der Waals surface area contributed by atoms with Gasteiger partial charge in [0.2, 0.25) is 11.8 Å².